The fourth-order valence-corrected chi connectivity index (χ4v) is 3.68. The maximum atomic E-state index is 3.56. The first-order valence-electron chi connectivity index (χ1n) is 6.20. The summed E-state index contributed by atoms with van der Waals surface area (Å²) in [6, 6.07) is 0.948. The van der Waals surface area contributed by atoms with E-state index in [1.54, 1.807) is 0 Å². The molecule has 2 fully saturated rings. The summed E-state index contributed by atoms with van der Waals surface area (Å²) in [6.07, 6.45) is 10.2. The van der Waals surface area contributed by atoms with E-state index in [9.17, 15) is 0 Å². The zero-order valence-corrected chi connectivity index (χ0v) is 10.6. The largest absolute Gasteiger partial charge is 0.300 e. The van der Waals surface area contributed by atoms with Crippen LogP contribution in [0.3, 0.4) is 0 Å². The molecular formula is C12H22BrN. The molecule has 2 aliphatic rings. The number of nitrogens with zero attached hydrogens (tertiary/aromatic N) is 1. The summed E-state index contributed by atoms with van der Waals surface area (Å²) in [5, 5.41) is 1.19. The first kappa shape index (κ1) is 10.9. The fourth-order valence-electron chi connectivity index (χ4n) is 3.03. The smallest absolute Gasteiger partial charge is 0.00953 e. The first-order valence-corrected chi connectivity index (χ1v) is 7.32. The zero-order valence-electron chi connectivity index (χ0n) is 9.05. The van der Waals surface area contributed by atoms with Crippen LogP contribution in [0.1, 0.15) is 44.9 Å². The molecule has 1 unspecified atom stereocenters. The third-order valence-corrected chi connectivity index (χ3v) is 4.38. The van der Waals surface area contributed by atoms with Crippen molar-refractivity contribution in [3.8, 4) is 0 Å². The lowest BCUT2D eigenvalue weighted by Crippen LogP contribution is -2.34. The van der Waals surface area contributed by atoms with E-state index in [1.807, 2.05) is 0 Å². The van der Waals surface area contributed by atoms with Crippen molar-refractivity contribution in [1.29, 1.82) is 0 Å². The van der Waals surface area contributed by atoms with Gasteiger partial charge in [-0.2, -0.15) is 0 Å². The molecule has 1 aliphatic carbocycles. The lowest BCUT2D eigenvalue weighted by Gasteiger charge is -2.31. The Hall–Kier alpha value is 0.440. The molecule has 1 saturated heterocycles. The van der Waals surface area contributed by atoms with Gasteiger partial charge in [0, 0.05) is 17.9 Å². The molecule has 0 radical (unpaired) electrons. The van der Waals surface area contributed by atoms with Gasteiger partial charge in [-0.1, -0.05) is 35.2 Å². The standard InChI is InChI=1S/C12H22BrN/c13-8-6-11-7-9-14(10-11)12-4-2-1-3-5-12/h11-12H,1-10H2. The third kappa shape index (κ3) is 2.73. The highest BCUT2D eigenvalue weighted by Crippen LogP contribution is 2.28. The van der Waals surface area contributed by atoms with Crippen molar-refractivity contribution < 1.29 is 0 Å². The predicted octanol–water partition coefficient (Wildman–Crippen LogP) is 3.43. The Morgan fingerprint density at radius 2 is 1.86 bits per heavy atom. The highest BCUT2D eigenvalue weighted by molar-refractivity contribution is 9.09. The molecule has 0 spiro atoms. The summed E-state index contributed by atoms with van der Waals surface area (Å²) < 4.78 is 0. The average Bonchev–Trinajstić information content (AvgIpc) is 2.68. The first-order chi connectivity index (χ1) is 6.90. The van der Waals surface area contributed by atoms with Crippen molar-refractivity contribution in [2.45, 2.75) is 51.0 Å². The third-order valence-electron chi connectivity index (χ3n) is 3.93. The average molecular weight is 260 g/mol. The maximum Gasteiger partial charge on any atom is 0.00953 e. The van der Waals surface area contributed by atoms with Gasteiger partial charge >= 0.3 is 0 Å². The SMILES string of the molecule is BrCCC1CCN(C2CCCCC2)C1. The quantitative estimate of drug-likeness (QED) is 0.703. The Bertz CT molecular complexity index is 166. The molecule has 1 nitrogen and oxygen atoms in total. The second kappa shape index (κ2) is 5.50. The van der Waals surface area contributed by atoms with Crippen molar-refractivity contribution in [2.75, 3.05) is 18.4 Å². The van der Waals surface area contributed by atoms with E-state index in [0.717, 1.165) is 12.0 Å². The Kier molecular flexibility index (Phi) is 4.30. The maximum absolute atomic E-state index is 3.56. The van der Waals surface area contributed by atoms with Gasteiger partial charge in [0.25, 0.3) is 0 Å². The van der Waals surface area contributed by atoms with Crippen molar-refractivity contribution in [1.82, 2.24) is 4.90 Å². The van der Waals surface area contributed by atoms with Crippen LogP contribution in [0, 0.1) is 5.92 Å². The lowest BCUT2D eigenvalue weighted by molar-refractivity contribution is 0.185. The zero-order chi connectivity index (χ0) is 9.80. The molecule has 1 aliphatic heterocycles. The van der Waals surface area contributed by atoms with Crippen LogP contribution in [-0.2, 0) is 0 Å². The number of halogens is 1. The van der Waals surface area contributed by atoms with E-state index in [2.05, 4.69) is 20.8 Å². The van der Waals surface area contributed by atoms with Crippen LogP contribution in [0.5, 0.6) is 0 Å². The van der Waals surface area contributed by atoms with Gasteiger partial charge in [-0.15, -0.1) is 0 Å². The molecule has 2 rings (SSSR count). The molecule has 14 heavy (non-hydrogen) atoms. The molecule has 1 heterocycles. The molecule has 0 aromatic rings. The van der Waals surface area contributed by atoms with Gasteiger partial charge in [0.05, 0.1) is 0 Å². The van der Waals surface area contributed by atoms with Crippen LogP contribution in [0.25, 0.3) is 0 Å². The van der Waals surface area contributed by atoms with Gasteiger partial charge in [0.2, 0.25) is 0 Å². The Morgan fingerprint density at radius 3 is 2.57 bits per heavy atom. The predicted molar refractivity (Wildman–Crippen MR) is 65.0 cm³/mol. The van der Waals surface area contributed by atoms with Gasteiger partial charge < -0.3 is 4.90 Å². The van der Waals surface area contributed by atoms with E-state index in [-0.39, 0.29) is 0 Å². The monoisotopic (exact) mass is 259 g/mol. The van der Waals surface area contributed by atoms with Gasteiger partial charge in [0.1, 0.15) is 0 Å². The van der Waals surface area contributed by atoms with Crippen molar-refractivity contribution in [3.63, 3.8) is 0 Å². The number of hydrogen-bond donors (Lipinski definition) is 0. The van der Waals surface area contributed by atoms with Crippen LogP contribution < -0.4 is 0 Å². The molecule has 2 heteroatoms. The van der Waals surface area contributed by atoms with Crippen LogP contribution in [0.15, 0.2) is 0 Å². The van der Waals surface area contributed by atoms with Gasteiger partial charge in [0.15, 0.2) is 0 Å². The minimum absolute atomic E-state index is 0.948. The Balaban J connectivity index is 1.76. The summed E-state index contributed by atoms with van der Waals surface area (Å²) in [5.74, 6) is 0.983. The van der Waals surface area contributed by atoms with E-state index in [4.69, 9.17) is 0 Å². The molecule has 0 amide bonds. The topological polar surface area (TPSA) is 3.24 Å². The lowest BCUT2D eigenvalue weighted by atomic mass is 9.94. The van der Waals surface area contributed by atoms with E-state index in [0.29, 0.717) is 0 Å². The Morgan fingerprint density at radius 1 is 1.07 bits per heavy atom. The second-order valence-corrected chi connectivity index (χ2v) is 5.71. The van der Waals surface area contributed by atoms with Crippen molar-refractivity contribution in [3.05, 3.63) is 0 Å². The molecule has 0 bridgehead atoms. The minimum Gasteiger partial charge on any atom is -0.300 e. The summed E-state index contributed by atoms with van der Waals surface area (Å²) in [7, 11) is 0. The highest BCUT2D eigenvalue weighted by Gasteiger charge is 2.28. The minimum atomic E-state index is 0.948. The number of hydrogen-bond acceptors (Lipinski definition) is 1. The summed E-state index contributed by atoms with van der Waals surface area (Å²) >= 11 is 3.56. The molecule has 0 aromatic carbocycles. The van der Waals surface area contributed by atoms with Gasteiger partial charge in [-0.3, -0.25) is 0 Å². The summed E-state index contributed by atoms with van der Waals surface area (Å²) in [6.45, 7) is 2.76. The number of alkyl halides is 1. The molecule has 1 saturated carbocycles. The van der Waals surface area contributed by atoms with E-state index < -0.39 is 0 Å². The number of rotatable bonds is 3. The molecule has 0 aromatic heterocycles. The fraction of sp³-hybridized carbons (Fsp3) is 1.00. The summed E-state index contributed by atoms with van der Waals surface area (Å²) in [5.41, 5.74) is 0. The van der Waals surface area contributed by atoms with Crippen molar-refractivity contribution in [2.24, 2.45) is 5.92 Å². The normalized spacial score (nSPS) is 31.1. The van der Waals surface area contributed by atoms with Gasteiger partial charge in [-0.05, 0) is 38.1 Å². The van der Waals surface area contributed by atoms with Crippen molar-refractivity contribution >= 4 is 15.9 Å². The van der Waals surface area contributed by atoms with E-state index in [1.165, 1.54) is 63.4 Å². The molecule has 0 N–H and O–H groups in total. The van der Waals surface area contributed by atoms with Crippen LogP contribution in [0.4, 0.5) is 0 Å². The van der Waals surface area contributed by atoms with E-state index >= 15 is 0 Å². The van der Waals surface area contributed by atoms with Gasteiger partial charge in [-0.25, -0.2) is 0 Å². The Labute approximate surface area is 96.4 Å². The second-order valence-electron chi connectivity index (χ2n) is 4.92. The highest BCUT2D eigenvalue weighted by atomic mass is 79.9. The molecule has 1 atom stereocenters. The molecule has 82 valence electrons. The summed E-state index contributed by atoms with van der Waals surface area (Å²) in [4.78, 5) is 2.77. The number of likely N-dealkylation sites (tertiary alicyclic amines) is 1. The molecular weight excluding hydrogens is 238 g/mol. The van der Waals surface area contributed by atoms with Crippen LogP contribution in [0.2, 0.25) is 0 Å². The van der Waals surface area contributed by atoms with Crippen LogP contribution in [-0.4, -0.2) is 29.4 Å². The van der Waals surface area contributed by atoms with Crippen LogP contribution >= 0.6 is 15.9 Å².